The normalized spacial score (nSPS) is 21.9. The van der Waals surface area contributed by atoms with Crippen molar-refractivity contribution in [3.8, 4) is 12.1 Å². The minimum atomic E-state index is -1.56. The summed E-state index contributed by atoms with van der Waals surface area (Å²) in [6.45, 7) is 0. The Morgan fingerprint density at radius 2 is 1.59 bits per heavy atom. The average molecular weight is 352 g/mol. The van der Waals surface area contributed by atoms with Gasteiger partial charge < -0.3 is 16.4 Å². The van der Waals surface area contributed by atoms with Crippen LogP contribution >= 0.6 is 0 Å². The quantitative estimate of drug-likeness (QED) is 0.669. The molecular formula is C20H12N6O. The lowest BCUT2D eigenvalue weighted by Gasteiger charge is -2.36. The molecule has 2 aromatic rings. The lowest BCUT2D eigenvalue weighted by atomic mass is 9.68. The summed E-state index contributed by atoms with van der Waals surface area (Å²) < 4.78 is 0. The van der Waals surface area contributed by atoms with Crippen LogP contribution in [-0.4, -0.2) is 5.91 Å². The number of fused-ring (bicyclic) bond motifs is 5. The number of amides is 1. The molecule has 0 aliphatic carbocycles. The van der Waals surface area contributed by atoms with Gasteiger partial charge in [-0.15, -0.1) is 0 Å². The first kappa shape index (κ1) is 15.1. The number of nitrogens with one attached hydrogen (secondary N) is 2. The predicted molar refractivity (Wildman–Crippen MR) is 98.8 cm³/mol. The van der Waals surface area contributed by atoms with E-state index >= 15 is 0 Å². The van der Waals surface area contributed by atoms with Crippen molar-refractivity contribution in [2.24, 2.45) is 5.73 Å². The molecule has 27 heavy (non-hydrogen) atoms. The second-order valence-corrected chi connectivity index (χ2v) is 6.43. The molecule has 128 valence electrons. The van der Waals surface area contributed by atoms with E-state index in [2.05, 4.69) is 22.8 Å². The van der Waals surface area contributed by atoms with Gasteiger partial charge in [0, 0.05) is 11.3 Å². The molecule has 3 heterocycles. The molecule has 7 nitrogen and oxygen atoms in total. The zero-order valence-corrected chi connectivity index (χ0v) is 13.9. The molecule has 1 amide bonds. The van der Waals surface area contributed by atoms with Crippen molar-refractivity contribution in [1.82, 2.24) is 0 Å². The Labute approximate surface area is 154 Å². The standard InChI is InChI=1S/C20H12N6O/c21-9-12-17(23)26-16-8-4-3-7-15(16)24-18(26)13(10-22)20(12)11-5-1-2-6-14(11)25-19(20)27/h1-8,24H,23H2,(H,25,27)/t20-/m1/s1. The third-order valence-electron chi connectivity index (χ3n) is 5.25. The number of hydrogen-bond acceptors (Lipinski definition) is 6. The number of hydrogen-bond donors (Lipinski definition) is 3. The molecule has 0 aromatic heterocycles. The highest BCUT2D eigenvalue weighted by atomic mass is 16.2. The number of para-hydroxylation sites is 3. The second kappa shape index (κ2) is 4.90. The molecule has 7 heteroatoms. The Morgan fingerprint density at radius 1 is 0.926 bits per heavy atom. The van der Waals surface area contributed by atoms with Gasteiger partial charge in [0.2, 0.25) is 5.91 Å². The summed E-state index contributed by atoms with van der Waals surface area (Å²) in [5.41, 5.74) is 7.63. The molecular weight excluding hydrogens is 340 g/mol. The Kier molecular flexibility index (Phi) is 2.73. The van der Waals surface area contributed by atoms with Crippen LogP contribution in [0.25, 0.3) is 0 Å². The second-order valence-electron chi connectivity index (χ2n) is 6.43. The average Bonchev–Trinajstić information content (AvgIpc) is 3.20. The van der Waals surface area contributed by atoms with E-state index in [0.717, 1.165) is 11.4 Å². The molecule has 0 unspecified atom stereocenters. The fourth-order valence-electron chi connectivity index (χ4n) is 4.14. The minimum absolute atomic E-state index is 0.0451. The number of nitriles is 2. The van der Waals surface area contributed by atoms with Gasteiger partial charge in [-0.25, -0.2) is 0 Å². The number of carbonyl (C=O) groups is 1. The maximum Gasteiger partial charge on any atom is 0.245 e. The monoisotopic (exact) mass is 352 g/mol. The van der Waals surface area contributed by atoms with Gasteiger partial charge in [-0.1, -0.05) is 30.3 Å². The van der Waals surface area contributed by atoms with E-state index < -0.39 is 11.3 Å². The lowest BCUT2D eigenvalue weighted by Crippen LogP contribution is -2.47. The molecule has 1 atom stereocenters. The van der Waals surface area contributed by atoms with E-state index in [1.54, 1.807) is 29.2 Å². The van der Waals surface area contributed by atoms with Crippen molar-refractivity contribution in [3.05, 3.63) is 76.9 Å². The Balaban J connectivity index is 1.91. The van der Waals surface area contributed by atoms with Crippen LogP contribution in [0.4, 0.5) is 17.1 Å². The van der Waals surface area contributed by atoms with Crippen molar-refractivity contribution in [2.75, 3.05) is 15.5 Å². The van der Waals surface area contributed by atoms with Crippen LogP contribution in [0.3, 0.4) is 0 Å². The molecule has 4 N–H and O–H groups in total. The number of anilines is 3. The molecule has 3 aliphatic heterocycles. The highest BCUT2D eigenvalue weighted by molar-refractivity contribution is 6.13. The van der Waals surface area contributed by atoms with Crippen molar-refractivity contribution in [3.63, 3.8) is 0 Å². The summed E-state index contributed by atoms with van der Waals surface area (Å²) in [4.78, 5) is 14.8. The fourth-order valence-corrected chi connectivity index (χ4v) is 4.14. The largest absolute Gasteiger partial charge is 0.384 e. The van der Waals surface area contributed by atoms with Gasteiger partial charge in [-0.3, -0.25) is 9.69 Å². The van der Waals surface area contributed by atoms with Gasteiger partial charge >= 0.3 is 0 Å². The Morgan fingerprint density at radius 3 is 2.33 bits per heavy atom. The Hall–Kier alpha value is -4.23. The van der Waals surface area contributed by atoms with Crippen LogP contribution < -0.4 is 21.3 Å². The first-order chi connectivity index (χ1) is 13.1. The molecule has 0 saturated heterocycles. The van der Waals surface area contributed by atoms with E-state index in [1.165, 1.54) is 0 Å². The van der Waals surface area contributed by atoms with E-state index in [1.807, 2.05) is 24.3 Å². The van der Waals surface area contributed by atoms with Gasteiger partial charge in [0.15, 0.2) is 5.41 Å². The lowest BCUT2D eigenvalue weighted by molar-refractivity contribution is -0.118. The summed E-state index contributed by atoms with van der Waals surface area (Å²) >= 11 is 0. The van der Waals surface area contributed by atoms with Crippen molar-refractivity contribution >= 4 is 23.0 Å². The summed E-state index contributed by atoms with van der Waals surface area (Å²) in [6, 6.07) is 18.7. The topological polar surface area (TPSA) is 118 Å². The zero-order chi connectivity index (χ0) is 18.8. The van der Waals surface area contributed by atoms with Crippen LogP contribution in [0.1, 0.15) is 5.56 Å². The third kappa shape index (κ3) is 1.56. The number of nitrogens with zero attached hydrogens (tertiary/aromatic N) is 3. The molecule has 3 aliphatic rings. The van der Waals surface area contributed by atoms with E-state index in [0.29, 0.717) is 17.1 Å². The van der Waals surface area contributed by atoms with Crippen molar-refractivity contribution in [1.29, 1.82) is 10.5 Å². The summed E-state index contributed by atoms with van der Waals surface area (Å²) in [5.74, 6) is 0.0857. The molecule has 0 saturated carbocycles. The number of rotatable bonds is 0. The number of nitrogens with two attached hydrogens (primary N) is 1. The highest BCUT2D eigenvalue weighted by Crippen LogP contribution is 2.54. The van der Waals surface area contributed by atoms with E-state index in [-0.39, 0.29) is 17.0 Å². The number of carbonyl (C=O) groups excluding carboxylic acids is 1. The van der Waals surface area contributed by atoms with Crippen LogP contribution in [0, 0.1) is 22.7 Å². The molecule has 0 radical (unpaired) electrons. The molecule has 2 aromatic carbocycles. The van der Waals surface area contributed by atoms with Crippen molar-refractivity contribution < 1.29 is 4.79 Å². The van der Waals surface area contributed by atoms with Gasteiger partial charge in [-0.2, -0.15) is 10.5 Å². The van der Waals surface area contributed by atoms with Crippen LogP contribution in [0.5, 0.6) is 0 Å². The smallest absolute Gasteiger partial charge is 0.245 e. The zero-order valence-electron chi connectivity index (χ0n) is 13.9. The summed E-state index contributed by atoms with van der Waals surface area (Å²) in [7, 11) is 0. The first-order valence-corrected chi connectivity index (χ1v) is 8.27. The molecule has 0 fully saturated rings. The van der Waals surface area contributed by atoms with Crippen molar-refractivity contribution in [2.45, 2.75) is 5.41 Å². The summed E-state index contributed by atoms with van der Waals surface area (Å²) in [6.07, 6.45) is 0. The van der Waals surface area contributed by atoms with E-state index in [9.17, 15) is 15.3 Å². The first-order valence-electron chi connectivity index (χ1n) is 8.27. The molecule has 0 bridgehead atoms. The third-order valence-corrected chi connectivity index (χ3v) is 5.25. The van der Waals surface area contributed by atoms with Crippen LogP contribution in [-0.2, 0) is 10.2 Å². The SMILES string of the molecule is N#CC1=C(N)N2C(=C(C#N)[C@]13C(=O)Nc1ccccc13)Nc1ccccc12. The number of benzene rings is 2. The fraction of sp³-hybridized carbons (Fsp3) is 0.0500. The van der Waals surface area contributed by atoms with E-state index in [4.69, 9.17) is 5.73 Å². The maximum atomic E-state index is 13.2. The van der Waals surface area contributed by atoms with Gasteiger partial charge in [0.1, 0.15) is 23.8 Å². The van der Waals surface area contributed by atoms with Gasteiger partial charge in [0.25, 0.3) is 0 Å². The summed E-state index contributed by atoms with van der Waals surface area (Å²) in [5, 5.41) is 26.0. The van der Waals surface area contributed by atoms with Gasteiger partial charge in [0.05, 0.1) is 22.5 Å². The van der Waals surface area contributed by atoms with Gasteiger partial charge in [-0.05, 0) is 18.2 Å². The highest BCUT2D eigenvalue weighted by Gasteiger charge is 2.59. The molecule has 5 rings (SSSR count). The maximum absolute atomic E-state index is 13.2. The Bertz CT molecular complexity index is 1200. The minimum Gasteiger partial charge on any atom is -0.384 e. The van der Waals surface area contributed by atoms with Crippen LogP contribution in [0.2, 0.25) is 0 Å². The van der Waals surface area contributed by atoms with Crippen LogP contribution in [0.15, 0.2) is 71.3 Å². The predicted octanol–water partition coefficient (Wildman–Crippen LogP) is 2.25. The molecule has 1 spiro atoms.